The standard InChI is InChI=1S/C27H22ClN.C21H18BrN.C21H18ClN.C21H19N.C20H16ClN/c28-25-16-8-6-14-23(25)27-22-13-5-4-12-21(22)19-29(18-20-10-2-1-3-11-20)26-17-9-7-15-24(26)27;1-23-14-16-9-5-6-10-18(16)21(15-7-3-2-4-8-15)19-13-17(22)11-12-20(19)23;1-23-14-15-8-2-3-9-16(15)21(17-10-4-6-12-19(17)22)18-11-5-7-13-20(18)23;1-22-15-17-11-5-6-12-18(17)21(16-9-3-2-4-10-16)19-13-7-8-14-20(19)22;21-18-11-5-3-9-16(18)20-15-8-2-1-7-14(15)13-22-19-12-6-4-10-17(19)20/h1-17,27H,18-19H2;2*2-13,21H,14H2,1H3;2-14,21H,15H2,1H3;1-12,20,22H,13H2. The molecule has 0 spiro atoms. The molecule has 0 fully saturated rings. The summed E-state index contributed by atoms with van der Waals surface area (Å²) in [5.74, 6) is 1.03. The molecule has 16 aromatic carbocycles. The Morgan fingerprint density at radius 2 is 0.555 bits per heavy atom. The Morgan fingerprint density at radius 1 is 0.261 bits per heavy atom. The second kappa shape index (κ2) is 36.8. The van der Waals surface area contributed by atoms with E-state index in [1.807, 2.05) is 36.4 Å². The van der Waals surface area contributed by atoms with Gasteiger partial charge in [0.15, 0.2) is 0 Å². The number of nitrogens with one attached hydrogen (secondary N) is 1. The van der Waals surface area contributed by atoms with Crippen LogP contribution in [-0.4, -0.2) is 21.1 Å². The lowest BCUT2D eigenvalue weighted by molar-refractivity contribution is 0.802. The number of fused-ring (bicyclic) bond motifs is 10. The number of benzene rings is 16. The fraction of sp³-hybridized carbons (Fsp3) is 0.127. The van der Waals surface area contributed by atoms with E-state index in [0.717, 1.165) is 69.9 Å². The minimum atomic E-state index is 0.122. The second-order valence-electron chi connectivity index (χ2n) is 31.3. The lowest BCUT2D eigenvalue weighted by atomic mass is 9.83. The van der Waals surface area contributed by atoms with E-state index >= 15 is 0 Å². The molecule has 0 radical (unpaired) electrons. The molecule has 16 aromatic rings. The molecule has 5 atom stereocenters. The third-order valence-corrected chi connectivity index (χ3v) is 25.4. The normalized spacial score (nSPS) is 16.1. The first-order chi connectivity index (χ1) is 58.5. The first-order valence-corrected chi connectivity index (χ1v) is 43.0. The molecule has 0 bridgehead atoms. The van der Waals surface area contributed by atoms with Gasteiger partial charge in [-0.15, -0.1) is 0 Å². The van der Waals surface area contributed by atoms with Gasteiger partial charge in [-0.25, -0.2) is 0 Å². The van der Waals surface area contributed by atoms with Crippen molar-refractivity contribution in [2.75, 3.05) is 46.1 Å². The van der Waals surface area contributed by atoms with Crippen molar-refractivity contribution in [2.24, 2.45) is 0 Å². The zero-order chi connectivity index (χ0) is 81.1. The van der Waals surface area contributed by atoms with E-state index in [1.54, 1.807) is 0 Å². The third kappa shape index (κ3) is 17.2. The molecule has 5 nitrogen and oxygen atoms in total. The number of hydrogen-bond acceptors (Lipinski definition) is 5. The maximum Gasteiger partial charge on any atom is 0.0447 e. The van der Waals surface area contributed by atoms with Crippen molar-refractivity contribution in [2.45, 2.75) is 68.9 Å². The number of halogens is 4. The molecule has 0 saturated heterocycles. The van der Waals surface area contributed by atoms with Crippen LogP contribution < -0.4 is 24.9 Å². The number of rotatable bonds is 7. The summed E-state index contributed by atoms with van der Waals surface area (Å²) in [4.78, 5) is 9.52. The first-order valence-electron chi connectivity index (χ1n) is 41.0. The van der Waals surface area contributed by atoms with E-state index in [1.165, 1.54) is 134 Å². The Kier molecular flexibility index (Phi) is 24.5. The van der Waals surface area contributed by atoms with Crippen LogP contribution in [0.25, 0.3) is 0 Å². The molecule has 586 valence electrons. The Balaban J connectivity index is 0.000000107. The van der Waals surface area contributed by atoms with Crippen molar-refractivity contribution in [3.8, 4) is 0 Å². The van der Waals surface area contributed by atoms with Crippen LogP contribution >= 0.6 is 50.7 Å². The van der Waals surface area contributed by atoms with Crippen LogP contribution in [0.4, 0.5) is 28.4 Å². The molecule has 21 rings (SSSR count). The monoisotopic (exact) mass is 1670 g/mol. The summed E-state index contributed by atoms with van der Waals surface area (Å²) in [6.45, 7) is 5.40. The van der Waals surface area contributed by atoms with Crippen LogP contribution in [0.5, 0.6) is 0 Å². The lowest BCUT2D eigenvalue weighted by Crippen LogP contribution is -2.22. The van der Waals surface area contributed by atoms with Gasteiger partial charge in [0.1, 0.15) is 0 Å². The number of anilines is 5. The fourth-order valence-corrected chi connectivity index (χ4v) is 19.5. The number of hydrogen-bond donors (Lipinski definition) is 1. The molecule has 5 aliphatic heterocycles. The molecule has 0 aliphatic carbocycles. The van der Waals surface area contributed by atoms with Gasteiger partial charge in [-0.05, 0) is 177 Å². The van der Waals surface area contributed by atoms with Crippen molar-refractivity contribution >= 4 is 79.2 Å². The quantitative estimate of drug-likeness (QED) is 0.171. The smallest absolute Gasteiger partial charge is 0.0447 e. The zero-order valence-corrected chi connectivity index (χ0v) is 70.9. The van der Waals surface area contributed by atoms with Gasteiger partial charge in [0.2, 0.25) is 0 Å². The van der Waals surface area contributed by atoms with Crippen molar-refractivity contribution in [3.63, 3.8) is 0 Å². The van der Waals surface area contributed by atoms with E-state index in [0.29, 0.717) is 5.92 Å². The van der Waals surface area contributed by atoms with Crippen molar-refractivity contribution in [1.29, 1.82) is 0 Å². The van der Waals surface area contributed by atoms with Crippen LogP contribution in [0.15, 0.2) is 405 Å². The molecule has 119 heavy (non-hydrogen) atoms. The lowest BCUT2D eigenvalue weighted by Gasteiger charge is -2.26. The largest absolute Gasteiger partial charge is 0.381 e. The SMILES string of the molecule is CN1Cc2ccccc2C(c2ccccc2)c2cc(Br)ccc21.CN1Cc2ccccc2C(c2ccccc2)c2ccccc21.CN1Cc2ccccc2C(c2ccccc2Cl)c2ccccc21.Clc1ccccc1C1c2ccccc2CN(Cc2ccccc2)c2ccccc21.Clc1ccccc1C1c2ccccc2CNc2ccccc21. The van der Waals surface area contributed by atoms with E-state index in [2.05, 4.69) is 426 Å². The van der Waals surface area contributed by atoms with Crippen LogP contribution in [0.3, 0.4) is 0 Å². The van der Waals surface area contributed by atoms with Gasteiger partial charge in [-0.1, -0.05) is 390 Å². The van der Waals surface area contributed by atoms with Gasteiger partial charge in [0, 0.05) is 138 Å². The van der Waals surface area contributed by atoms with Gasteiger partial charge in [-0.3, -0.25) is 0 Å². The second-order valence-corrected chi connectivity index (χ2v) is 33.4. The summed E-state index contributed by atoms with van der Waals surface area (Å²) >= 11 is 23.4. The van der Waals surface area contributed by atoms with E-state index in [4.69, 9.17) is 34.8 Å². The summed E-state index contributed by atoms with van der Waals surface area (Å²) in [6, 6.07) is 142. The summed E-state index contributed by atoms with van der Waals surface area (Å²) in [6.07, 6.45) is 0. The Morgan fingerprint density at radius 3 is 1.00 bits per heavy atom. The summed E-state index contributed by atoms with van der Waals surface area (Å²) in [5.41, 5.74) is 34.2. The average Bonchev–Trinajstić information content (AvgIpc) is 1.70. The highest BCUT2D eigenvalue weighted by atomic mass is 79.9. The zero-order valence-electron chi connectivity index (χ0n) is 67.0. The molecular formula is C110H93BrCl3N5. The Bertz CT molecular complexity index is 6140. The minimum Gasteiger partial charge on any atom is -0.381 e. The molecule has 5 aliphatic rings. The van der Waals surface area contributed by atoms with Gasteiger partial charge >= 0.3 is 0 Å². The molecule has 5 unspecified atom stereocenters. The van der Waals surface area contributed by atoms with E-state index in [9.17, 15) is 0 Å². The molecular weight excluding hydrogens is 1580 g/mol. The fourth-order valence-electron chi connectivity index (χ4n) is 18.4. The molecule has 0 aromatic heterocycles. The highest BCUT2D eigenvalue weighted by Gasteiger charge is 2.34. The van der Waals surface area contributed by atoms with Gasteiger partial charge in [0.05, 0.1) is 0 Å². The van der Waals surface area contributed by atoms with Gasteiger partial charge in [-0.2, -0.15) is 0 Å². The van der Waals surface area contributed by atoms with E-state index in [-0.39, 0.29) is 23.7 Å². The van der Waals surface area contributed by atoms with Crippen molar-refractivity contribution in [3.05, 3.63) is 537 Å². The maximum atomic E-state index is 6.70. The van der Waals surface area contributed by atoms with Crippen molar-refractivity contribution < 1.29 is 0 Å². The van der Waals surface area contributed by atoms with Gasteiger partial charge < -0.3 is 24.9 Å². The number of nitrogens with zero attached hydrogens (tertiary/aromatic N) is 4. The van der Waals surface area contributed by atoms with Crippen molar-refractivity contribution in [1.82, 2.24) is 0 Å². The minimum absolute atomic E-state index is 0.122. The topological polar surface area (TPSA) is 25.0 Å². The molecule has 0 saturated carbocycles. The van der Waals surface area contributed by atoms with E-state index < -0.39 is 0 Å². The Labute approximate surface area is 725 Å². The van der Waals surface area contributed by atoms with Crippen LogP contribution in [-0.2, 0) is 39.3 Å². The predicted molar refractivity (Wildman–Crippen MR) is 504 cm³/mol. The molecule has 5 heterocycles. The van der Waals surface area contributed by atoms with Gasteiger partial charge in [0.25, 0.3) is 0 Å². The number of para-hydroxylation sites is 4. The summed E-state index contributed by atoms with van der Waals surface area (Å²) in [7, 11) is 6.52. The van der Waals surface area contributed by atoms with Crippen LogP contribution in [0, 0.1) is 0 Å². The van der Waals surface area contributed by atoms with Crippen LogP contribution in [0.1, 0.15) is 146 Å². The maximum absolute atomic E-state index is 6.70. The summed E-state index contributed by atoms with van der Waals surface area (Å²) in [5, 5.41) is 6.02. The molecule has 1 N–H and O–H groups in total. The van der Waals surface area contributed by atoms with Crippen LogP contribution in [0.2, 0.25) is 15.1 Å². The highest BCUT2D eigenvalue weighted by molar-refractivity contribution is 9.10. The first kappa shape index (κ1) is 79.3. The highest BCUT2D eigenvalue weighted by Crippen LogP contribution is 2.50. The predicted octanol–water partition coefficient (Wildman–Crippen LogP) is 28.4. The Hall–Kier alpha value is -12.1. The molecule has 0 amide bonds. The summed E-state index contributed by atoms with van der Waals surface area (Å²) < 4.78 is 1.13. The molecule has 9 heteroatoms. The average molecular weight is 1670 g/mol. The third-order valence-electron chi connectivity index (χ3n) is 23.9.